The smallest absolute Gasteiger partial charge is 0.137 e. The normalized spacial score (nSPS) is 16.7. The van der Waals surface area contributed by atoms with E-state index in [2.05, 4.69) is 5.38 Å². The molecule has 1 aliphatic rings. The van der Waals surface area contributed by atoms with E-state index in [-0.39, 0.29) is 42.7 Å². The fourth-order valence-electron chi connectivity index (χ4n) is 0.902. The van der Waals surface area contributed by atoms with E-state index < -0.39 is 0 Å². The van der Waals surface area contributed by atoms with Crippen molar-refractivity contribution in [1.82, 2.24) is 0 Å². The summed E-state index contributed by atoms with van der Waals surface area (Å²) in [4.78, 5) is 1.11. The summed E-state index contributed by atoms with van der Waals surface area (Å²) >= 11 is 1.55. The minimum Gasteiger partial charge on any atom is -0.357 e. The van der Waals surface area contributed by atoms with Crippen LogP contribution in [0.4, 0.5) is 0 Å². The van der Waals surface area contributed by atoms with Crippen LogP contribution in [-0.2, 0) is 29.0 Å². The zero-order chi connectivity index (χ0) is 6.81. The third-order valence-corrected chi connectivity index (χ3v) is 2.16. The zero-order valence-electron chi connectivity index (χ0n) is 6.49. The number of rotatable bonds is 1. The number of halogens is 1. The van der Waals surface area contributed by atoms with E-state index in [0.717, 1.165) is 4.88 Å². The molecule has 12 heavy (non-hydrogen) atoms. The van der Waals surface area contributed by atoms with Crippen molar-refractivity contribution in [2.45, 2.75) is 6.29 Å². The number of ether oxygens (including phenoxy) is 2. The standard InChI is InChI=1S/C7H7O2S.BrH.Zn/c1-2-6(10-5-1)7-8-3-4-9-7;;/h1-2,7H,3-4H2;1H;/q-1;;. The molecule has 2 rings (SSSR count). The van der Waals surface area contributed by atoms with Crippen molar-refractivity contribution < 1.29 is 29.0 Å². The monoisotopic (exact) mass is 299 g/mol. The summed E-state index contributed by atoms with van der Waals surface area (Å²) in [5.74, 6) is 0. The Morgan fingerprint density at radius 2 is 2.08 bits per heavy atom. The third kappa shape index (κ3) is 2.89. The first-order valence-electron chi connectivity index (χ1n) is 3.16. The molecule has 64 valence electrons. The van der Waals surface area contributed by atoms with Crippen LogP contribution in [0.2, 0.25) is 0 Å². The Hall–Kier alpha value is 0.723. The van der Waals surface area contributed by atoms with Crippen molar-refractivity contribution in [2.75, 3.05) is 13.2 Å². The topological polar surface area (TPSA) is 18.5 Å². The molecule has 0 unspecified atom stereocenters. The first kappa shape index (κ1) is 12.7. The van der Waals surface area contributed by atoms with Crippen LogP contribution in [0.3, 0.4) is 0 Å². The van der Waals surface area contributed by atoms with Crippen LogP contribution < -0.4 is 0 Å². The zero-order valence-corrected chi connectivity index (χ0v) is 12.0. The van der Waals surface area contributed by atoms with Crippen LogP contribution in [0, 0.1) is 5.38 Å². The molecule has 0 saturated carbocycles. The minimum absolute atomic E-state index is 0. The van der Waals surface area contributed by atoms with Crippen molar-refractivity contribution in [3.05, 3.63) is 22.4 Å². The minimum atomic E-state index is -0.115. The molecule has 2 nitrogen and oxygen atoms in total. The molecule has 0 radical (unpaired) electrons. The van der Waals surface area contributed by atoms with Gasteiger partial charge in [0, 0.05) is 19.5 Å². The molecule has 0 aromatic carbocycles. The van der Waals surface area contributed by atoms with Crippen LogP contribution in [0.1, 0.15) is 11.2 Å². The van der Waals surface area contributed by atoms with Crippen LogP contribution in [0.5, 0.6) is 0 Å². The molecule has 1 saturated heterocycles. The summed E-state index contributed by atoms with van der Waals surface area (Å²) in [5.41, 5.74) is 0. The summed E-state index contributed by atoms with van der Waals surface area (Å²) < 4.78 is 10.5. The molecule has 2 heterocycles. The maximum absolute atomic E-state index is 5.27. The van der Waals surface area contributed by atoms with Crippen molar-refractivity contribution in [3.8, 4) is 0 Å². The van der Waals surface area contributed by atoms with Crippen molar-refractivity contribution in [1.29, 1.82) is 0 Å². The third-order valence-electron chi connectivity index (χ3n) is 1.35. The van der Waals surface area contributed by atoms with Gasteiger partial charge < -0.3 is 9.47 Å². The maximum atomic E-state index is 5.27. The van der Waals surface area contributed by atoms with Gasteiger partial charge in [0.05, 0.1) is 13.2 Å². The summed E-state index contributed by atoms with van der Waals surface area (Å²) in [5, 5.41) is 2.99. The fourth-order valence-corrected chi connectivity index (χ4v) is 1.54. The molecule has 0 spiro atoms. The predicted molar refractivity (Wildman–Crippen MR) is 48.1 cm³/mol. The van der Waals surface area contributed by atoms with Gasteiger partial charge in [-0.15, -0.1) is 22.4 Å². The Morgan fingerprint density at radius 3 is 2.58 bits per heavy atom. The molecule has 1 fully saturated rings. The summed E-state index contributed by atoms with van der Waals surface area (Å²) in [6.07, 6.45) is -0.115. The van der Waals surface area contributed by atoms with Gasteiger partial charge in [-0.05, 0) is 0 Å². The van der Waals surface area contributed by atoms with Crippen LogP contribution in [0.15, 0.2) is 12.1 Å². The Bertz CT molecular complexity index is 199. The molecule has 0 aliphatic carbocycles. The van der Waals surface area contributed by atoms with Gasteiger partial charge in [0.25, 0.3) is 0 Å². The van der Waals surface area contributed by atoms with Gasteiger partial charge in [-0.1, -0.05) is 4.88 Å². The van der Waals surface area contributed by atoms with Gasteiger partial charge in [0.15, 0.2) is 0 Å². The quantitative estimate of drug-likeness (QED) is 0.585. The summed E-state index contributed by atoms with van der Waals surface area (Å²) in [6.45, 7) is 1.42. The molecular weight excluding hydrogens is 293 g/mol. The molecule has 1 aromatic rings. The molecule has 1 aromatic heterocycles. The Balaban J connectivity index is 0.000000605. The molecule has 1 aliphatic heterocycles. The van der Waals surface area contributed by atoms with E-state index in [9.17, 15) is 0 Å². The summed E-state index contributed by atoms with van der Waals surface area (Å²) in [7, 11) is 0. The van der Waals surface area contributed by atoms with Gasteiger partial charge >= 0.3 is 0 Å². The molecule has 0 N–H and O–H groups in total. The second-order valence-electron chi connectivity index (χ2n) is 2.03. The van der Waals surface area contributed by atoms with Gasteiger partial charge in [0.2, 0.25) is 0 Å². The van der Waals surface area contributed by atoms with Crippen molar-refractivity contribution in [3.63, 3.8) is 0 Å². The molecule has 0 amide bonds. The average Bonchev–Trinajstić information content (AvgIpc) is 2.59. The fraction of sp³-hybridized carbons (Fsp3) is 0.429. The number of hydrogen-bond acceptors (Lipinski definition) is 3. The Morgan fingerprint density at radius 1 is 1.42 bits per heavy atom. The van der Waals surface area contributed by atoms with E-state index in [4.69, 9.17) is 9.47 Å². The van der Waals surface area contributed by atoms with Gasteiger partial charge in [-0.3, -0.25) is 11.3 Å². The second kappa shape index (κ2) is 6.22. The summed E-state index contributed by atoms with van der Waals surface area (Å²) in [6, 6.07) is 3.85. The molecular formula is C7H8BrO2SZn-. The SMILES string of the molecule is Br.[Zn].[c-]1ccc(C2OCCO2)s1. The van der Waals surface area contributed by atoms with Gasteiger partial charge in [-0.25, -0.2) is 0 Å². The molecule has 5 heteroatoms. The Kier molecular flexibility index (Phi) is 6.59. The van der Waals surface area contributed by atoms with Gasteiger partial charge in [0.1, 0.15) is 6.29 Å². The maximum Gasteiger partial charge on any atom is 0.137 e. The van der Waals surface area contributed by atoms with Crippen molar-refractivity contribution >= 4 is 28.3 Å². The largest absolute Gasteiger partial charge is 0.357 e. The van der Waals surface area contributed by atoms with Crippen LogP contribution in [0.25, 0.3) is 0 Å². The first-order valence-corrected chi connectivity index (χ1v) is 3.97. The number of thiophene rings is 1. The van der Waals surface area contributed by atoms with Crippen LogP contribution >= 0.6 is 28.3 Å². The molecule has 0 bridgehead atoms. The van der Waals surface area contributed by atoms with E-state index in [1.807, 2.05) is 12.1 Å². The van der Waals surface area contributed by atoms with E-state index in [1.165, 1.54) is 0 Å². The number of hydrogen-bond donors (Lipinski definition) is 0. The molecule has 0 atom stereocenters. The van der Waals surface area contributed by atoms with E-state index in [0.29, 0.717) is 13.2 Å². The average molecular weight is 302 g/mol. The van der Waals surface area contributed by atoms with Crippen molar-refractivity contribution in [2.24, 2.45) is 0 Å². The van der Waals surface area contributed by atoms with E-state index in [1.54, 1.807) is 11.3 Å². The first-order chi connectivity index (χ1) is 4.97. The van der Waals surface area contributed by atoms with Crippen LogP contribution in [-0.4, -0.2) is 13.2 Å². The Labute approximate surface area is 98.8 Å². The predicted octanol–water partition coefficient (Wildman–Crippen LogP) is 2.17. The van der Waals surface area contributed by atoms with Gasteiger partial charge in [-0.2, -0.15) is 12.1 Å². The van der Waals surface area contributed by atoms with E-state index >= 15 is 0 Å². The second-order valence-corrected chi connectivity index (χ2v) is 2.94.